The van der Waals surface area contributed by atoms with Crippen LogP contribution < -0.4 is 10.7 Å². The molecular formula is C13H27N3. The van der Waals surface area contributed by atoms with Crippen molar-refractivity contribution in [2.75, 3.05) is 20.6 Å². The molecule has 0 bridgehead atoms. The molecule has 1 saturated heterocycles. The Hall–Kier alpha value is -0.540. The first-order chi connectivity index (χ1) is 7.54. The van der Waals surface area contributed by atoms with Gasteiger partial charge in [-0.1, -0.05) is 20.4 Å². The van der Waals surface area contributed by atoms with Crippen LogP contribution in [0.4, 0.5) is 0 Å². The Balaban J connectivity index is 2.65. The third-order valence-corrected chi connectivity index (χ3v) is 3.79. The van der Waals surface area contributed by atoms with E-state index < -0.39 is 0 Å². The number of nitrogens with one attached hydrogen (secondary N) is 2. The summed E-state index contributed by atoms with van der Waals surface area (Å²) in [6, 6.07) is 0.553. The van der Waals surface area contributed by atoms with E-state index in [9.17, 15) is 0 Å². The second-order valence-electron chi connectivity index (χ2n) is 5.25. The SMILES string of the molecule is C=C1CC(N(C)NC)CC(C(C)C)CCN1. The third kappa shape index (κ3) is 3.80. The maximum Gasteiger partial charge on any atom is 0.0297 e. The van der Waals surface area contributed by atoms with E-state index in [1.807, 2.05) is 7.05 Å². The minimum absolute atomic E-state index is 0.553. The Labute approximate surface area is 100 Å². The summed E-state index contributed by atoms with van der Waals surface area (Å²) in [4.78, 5) is 0. The van der Waals surface area contributed by atoms with Gasteiger partial charge in [0.05, 0.1) is 0 Å². The van der Waals surface area contributed by atoms with Crippen molar-refractivity contribution < 1.29 is 0 Å². The first-order valence-corrected chi connectivity index (χ1v) is 6.36. The van der Waals surface area contributed by atoms with E-state index in [1.165, 1.54) is 18.5 Å². The van der Waals surface area contributed by atoms with Crippen LogP contribution in [0.5, 0.6) is 0 Å². The van der Waals surface area contributed by atoms with E-state index in [1.54, 1.807) is 0 Å². The summed E-state index contributed by atoms with van der Waals surface area (Å²) >= 11 is 0. The largest absolute Gasteiger partial charge is 0.389 e. The fraction of sp³-hybridized carbons (Fsp3) is 0.846. The van der Waals surface area contributed by atoms with Crippen molar-refractivity contribution in [2.45, 2.75) is 39.2 Å². The monoisotopic (exact) mass is 225 g/mol. The molecule has 3 heteroatoms. The second-order valence-corrected chi connectivity index (χ2v) is 5.25. The van der Waals surface area contributed by atoms with Crippen molar-refractivity contribution in [1.82, 2.24) is 15.8 Å². The molecule has 1 aliphatic rings. The number of rotatable bonds is 3. The molecule has 0 radical (unpaired) electrons. The topological polar surface area (TPSA) is 27.3 Å². The van der Waals surface area contributed by atoms with Gasteiger partial charge in [-0.05, 0) is 31.7 Å². The Kier molecular flexibility index (Phi) is 5.29. The summed E-state index contributed by atoms with van der Waals surface area (Å²) in [6.45, 7) is 9.83. The van der Waals surface area contributed by atoms with Gasteiger partial charge in [0.2, 0.25) is 0 Å². The van der Waals surface area contributed by atoms with Crippen LogP contribution in [0.25, 0.3) is 0 Å². The summed E-state index contributed by atoms with van der Waals surface area (Å²) < 4.78 is 0. The van der Waals surface area contributed by atoms with E-state index in [0.29, 0.717) is 6.04 Å². The fourth-order valence-electron chi connectivity index (χ4n) is 2.42. The first kappa shape index (κ1) is 13.5. The average Bonchev–Trinajstić information content (AvgIpc) is 2.21. The maximum absolute atomic E-state index is 4.09. The number of hydrazine groups is 1. The quantitative estimate of drug-likeness (QED) is 0.719. The molecule has 3 nitrogen and oxygen atoms in total. The van der Waals surface area contributed by atoms with E-state index in [0.717, 1.165) is 24.8 Å². The Morgan fingerprint density at radius 3 is 2.75 bits per heavy atom. The number of nitrogens with zero attached hydrogens (tertiary/aromatic N) is 1. The first-order valence-electron chi connectivity index (χ1n) is 6.36. The second kappa shape index (κ2) is 6.26. The highest BCUT2D eigenvalue weighted by Gasteiger charge is 2.24. The van der Waals surface area contributed by atoms with Crippen molar-refractivity contribution >= 4 is 0 Å². The lowest BCUT2D eigenvalue weighted by Crippen LogP contribution is -2.44. The molecule has 0 aromatic heterocycles. The standard InChI is InChI=1S/C13H27N3/c1-10(2)12-6-7-15-11(3)8-13(9-12)16(5)14-4/h10,12-15H,3,6-9H2,1-2,4-5H3. The lowest BCUT2D eigenvalue weighted by atomic mass is 9.84. The van der Waals surface area contributed by atoms with Gasteiger partial charge in [-0.25, -0.2) is 5.01 Å². The van der Waals surface area contributed by atoms with Crippen molar-refractivity contribution in [3.05, 3.63) is 12.3 Å². The predicted octanol–water partition coefficient (Wildman–Crippen LogP) is 1.98. The highest BCUT2D eigenvalue weighted by Crippen LogP contribution is 2.26. The summed E-state index contributed by atoms with van der Waals surface area (Å²) in [5.41, 5.74) is 4.40. The minimum Gasteiger partial charge on any atom is -0.389 e. The van der Waals surface area contributed by atoms with E-state index in [2.05, 4.69) is 43.2 Å². The van der Waals surface area contributed by atoms with Crippen molar-refractivity contribution in [1.29, 1.82) is 0 Å². The maximum atomic E-state index is 4.09. The van der Waals surface area contributed by atoms with Crippen molar-refractivity contribution in [3.8, 4) is 0 Å². The molecule has 0 spiro atoms. The molecule has 0 aliphatic carbocycles. The van der Waals surface area contributed by atoms with Gasteiger partial charge in [0.25, 0.3) is 0 Å². The average molecular weight is 225 g/mol. The molecule has 2 atom stereocenters. The van der Waals surface area contributed by atoms with Gasteiger partial charge in [-0.15, -0.1) is 0 Å². The molecule has 16 heavy (non-hydrogen) atoms. The highest BCUT2D eigenvalue weighted by atomic mass is 15.5. The zero-order valence-electron chi connectivity index (χ0n) is 11.2. The van der Waals surface area contributed by atoms with Gasteiger partial charge < -0.3 is 5.32 Å². The van der Waals surface area contributed by atoms with Crippen LogP contribution >= 0.6 is 0 Å². The van der Waals surface area contributed by atoms with Crippen molar-refractivity contribution in [2.24, 2.45) is 11.8 Å². The van der Waals surface area contributed by atoms with Gasteiger partial charge in [0.1, 0.15) is 0 Å². The minimum atomic E-state index is 0.553. The lowest BCUT2D eigenvalue weighted by Gasteiger charge is -2.35. The summed E-state index contributed by atoms with van der Waals surface area (Å²) in [5, 5.41) is 5.65. The molecule has 0 aromatic carbocycles. The molecule has 0 aromatic rings. The van der Waals surface area contributed by atoms with Gasteiger partial charge in [-0.3, -0.25) is 5.43 Å². The third-order valence-electron chi connectivity index (χ3n) is 3.79. The molecule has 1 fully saturated rings. The molecule has 2 N–H and O–H groups in total. The Bertz CT molecular complexity index is 225. The number of hydrogen-bond acceptors (Lipinski definition) is 3. The van der Waals surface area contributed by atoms with Crippen molar-refractivity contribution in [3.63, 3.8) is 0 Å². The smallest absolute Gasteiger partial charge is 0.0297 e. The molecular weight excluding hydrogens is 198 g/mol. The summed E-state index contributed by atoms with van der Waals surface area (Å²) in [6.07, 6.45) is 3.56. The van der Waals surface area contributed by atoms with Crippen LogP contribution in [0.3, 0.4) is 0 Å². The zero-order chi connectivity index (χ0) is 12.1. The Morgan fingerprint density at radius 1 is 1.50 bits per heavy atom. The van der Waals surface area contributed by atoms with Crippen LogP contribution in [0.1, 0.15) is 33.1 Å². The molecule has 94 valence electrons. The van der Waals surface area contributed by atoms with Gasteiger partial charge >= 0.3 is 0 Å². The van der Waals surface area contributed by atoms with Crippen LogP contribution in [0.2, 0.25) is 0 Å². The molecule has 1 aliphatic heterocycles. The normalized spacial score (nSPS) is 27.8. The molecule has 1 heterocycles. The lowest BCUT2D eigenvalue weighted by molar-refractivity contribution is 0.132. The predicted molar refractivity (Wildman–Crippen MR) is 69.9 cm³/mol. The van der Waals surface area contributed by atoms with E-state index in [4.69, 9.17) is 0 Å². The van der Waals surface area contributed by atoms with Gasteiger partial charge in [-0.2, -0.15) is 0 Å². The highest BCUT2D eigenvalue weighted by molar-refractivity contribution is 4.97. The van der Waals surface area contributed by atoms with Gasteiger partial charge in [0.15, 0.2) is 0 Å². The van der Waals surface area contributed by atoms with Crippen LogP contribution in [-0.4, -0.2) is 31.7 Å². The molecule has 1 rings (SSSR count). The van der Waals surface area contributed by atoms with Gasteiger partial charge in [0, 0.05) is 31.8 Å². The summed E-state index contributed by atoms with van der Waals surface area (Å²) in [5.74, 6) is 1.57. The molecule has 2 unspecified atom stereocenters. The van der Waals surface area contributed by atoms with E-state index >= 15 is 0 Å². The zero-order valence-corrected chi connectivity index (χ0v) is 11.2. The van der Waals surface area contributed by atoms with Crippen LogP contribution in [0.15, 0.2) is 12.3 Å². The Morgan fingerprint density at radius 2 is 2.19 bits per heavy atom. The van der Waals surface area contributed by atoms with E-state index in [-0.39, 0.29) is 0 Å². The number of hydrogen-bond donors (Lipinski definition) is 2. The fourth-order valence-corrected chi connectivity index (χ4v) is 2.42. The summed E-state index contributed by atoms with van der Waals surface area (Å²) in [7, 11) is 4.11. The van der Waals surface area contributed by atoms with Crippen LogP contribution in [-0.2, 0) is 0 Å². The van der Waals surface area contributed by atoms with Crippen LogP contribution in [0, 0.1) is 11.8 Å². The molecule has 0 saturated carbocycles. The molecule has 0 amide bonds.